The van der Waals surface area contributed by atoms with Gasteiger partial charge < -0.3 is 29.0 Å². The number of fused-ring (bicyclic) bond motifs is 1. The third kappa shape index (κ3) is 4.39. The van der Waals surface area contributed by atoms with Crippen molar-refractivity contribution in [1.82, 2.24) is 5.32 Å². The first-order valence-corrected chi connectivity index (χ1v) is 11.6. The zero-order chi connectivity index (χ0) is 26.0. The number of carbonyl (C=O) groups is 2. The molecule has 36 heavy (non-hydrogen) atoms. The highest BCUT2D eigenvalue weighted by Gasteiger charge is 2.46. The summed E-state index contributed by atoms with van der Waals surface area (Å²) in [4.78, 5) is 26.7. The van der Waals surface area contributed by atoms with Gasteiger partial charge in [0.1, 0.15) is 17.3 Å². The van der Waals surface area contributed by atoms with Gasteiger partial charge in [0.15, 0.2) is 11.5 Å². The van der Waals surface area contributed by atoms with Gasteiger partial charge in [0.2, 0.25) is 0 Å². The Labute approximate surface area is 210 Å². The maximum atomic E-state index is 13.8. The average molecular weight is 494 g/mol. The summed E-state index contributed by atoms with van der Waals surface area (Å²) in [6.07, 6.45) is 2.33. The molecule has 0 aromatic heterocycles. The van der Waals surface area contributed by atoms with Crippen molar-refractivity contribution in [2.24, 2.45) is 5.92 Å². The molecule has 1 aliphatic carbocycles. The molecule has 1 heterocycles. The molecule has 2 aromatic carbocycles. The molecule has 0 saturated heterocycles. The Kier molecular flexibility index (Phi) is 7.24. The predicted octanol–water partition coefficient (Wildman–Crippen LogP) is 4.11. The van der Waals surface area contributed by atoms with E-state index in [1.54, 1.807) is 40.6 Å². The fraction of sp³-hybridized carbons (Fsp3) is 0.357. The molecule has 0 fully saturated rings. The summed E-state index contributed by atoms with van der Waals surface area (Å²) in [6, 6.07) is 11.1. The van der Waals surface area contributed by atoms with Crippen LogP contribution in [0.3, 0.4) is 0 Å². The van der Waals surface area contributed by atoms with E-state index in [0.29, 0.717) is 39.8 Å². The Morgan fingerprint density at radius 3 is 2.22 bits per heavy atom. The minimum atomic E-state index is -0.596. The summed E-state index contributed by atoms with van der Waals surface area (Å²) in [6.45, 7) is 1.82. The Morgan fingerprint density at radius 1 is 0.861 bits per heavy atom. The molecule has 0 spiro atoms. The fourth-order valence-electron chi connectivity index (χ4n) is 5.16. The predicted molar refractivity (Wildman–Crippen MR) is 134 cm³/mol. The van der Waals surface area contributed by atoms with Gasteiger partial charge in [0, 0.05) is 41.3 Å². The van der Waals surface area contributed by atoms with E-state index < -0.39 is 17.8 Å². The Bertz CT molecular complexity index is 1250. The molecule has 2 aromatic rings. The quantitative estimate of drug-likeness (QED) is 0.576. The molecular formula is C28H31NO7. The van der Waals surface area contributed by atoms with Crippen LogP contribution in [0.2, 0.25) is 0 Å². The zero-order valence-corrected chi connectivity index (χ0v) is 21.3. The van der Waals surface area contributed by atoms with Gasteiger partial charge in [-0.1, -0.05) is 18.2 Å². The van der Waals surface area contributed by atoms with Crippen molar-refractivity contribution in [2.75, 3.05) is 35.5 Å². The van der Waals surface area contributed by atoms with Crippen LogP contribution in [0.5, 0.6) is 23.0 Å². The number of benzene rings is 2. The summed E-state index contributed by atoms with van der Waals surface area (Å²) < 4.78 is 26.9. The third-order valence-electron chi connectivity index (χ3n) is 6.88. The van der Waals surface area contributed by atoms with Crippen LogP contribution in [0, 0.1) is 5.92 Å². The second-order valence-corrected chi connectivity index (χ2v) is 8.73. The number of allylic oxidation sites excluding steroid dienone is 3. The van der Waals surface area contributed by atoms with Crippen molar-refractivity contribution in [3.8, 4) is 23.0 Å². The van der Waals surface area contributed by atoms with Gasteiger partial charge in [-0.05, 0) is 30.7 Å². The van der Waals surface area contributed by atoms with Gasteiger partial charge in [-0.25, -0.2) is 4.79 Å². The molecule has 3 atom stereocenters. The number of hydrogen-bond donors (Lipinski definition) is 1. The highest BCUT2D eigenvalue weighted by Crippen LogP contribution is 2.49. The molecule has 0 amide bonds. The minimum absolute atomic E-state index is 0.0107. The van der Waals surface area contributed by atoms with Gasteiger partial charge in [0.05, 0.1) is 47.0 Å². The number of esters is 1. The molecule has 0 bridgehead atoms. The minimum Gasteiger partial charge on any atom is -0.497 e. The lowest BCUT2D eigenvalue weighted by Crippen LogP contribution is -2.42. The molecule has 1 aliphatic heterocycles. The van der Waals surface area contributed by atoms with Crippen molar-refractivity contribution in [1.29, 1.82) is 0 Å². The van der Waals surface area contributed by atoms with E-state index in [1.165, 1.54) is 7.11 Å². The van der Waals surface area contributed by atoms with Crippen LogP contribution in [0.4, 0.5) is 0 Å². The van der Waals surface area contributed by atoms with Crippen LogP contribution in [0.25, 0.3) is 0 Å². The van der Waals surface area contributed by atoms with Crippen LogP contribution >= 0.6 is 0 Å². The van der Waals surface area contributed by atoms with Crippen molar-refractivity contribution >= 4 is 11.8 Å². The number of ether oxygens (including phenoxy) is 5. The molecule has 1 N–H and O–H groups in total. The first-order valence-electron chi connectivity index (χ1n) is 11.6. The molecule has 3 unspecified atom stereocenters. The van der Waals surface area contributed by atoms with Crippen LogP contribution in [0.1, 0.15) is 36.3 Å². The standard InChI is InChI=1S/C28H31NO7/c1-15-25(28(31)36-6)26(19-9-8-18(32-2)14-23(19)34-4)27-20(29-15)11-17(12-21(27)30)16-7-10-22(33-3)24(13-16)35-5/h7-11,13-14,17,26-27,29H,12H2,1-6H3. The lowest BCUT2D eigenvalue weighted by Gasteiger charge is -2.39. The van der Waals surface area contributed by atoms with Gasteiger partial charge >= 0.3 is 5.97 Å². The van der Waals surface area contributed by atoms with Gasteiger partial charge in [-0.15, -0.1) is 0 Å². The number of carbonyl (C=O) groups excluding carboxylic acids is 2. The molecule has 8 heteroatoms. The lowest BCUT2D eigenvalue weighted by molar-refractivity contribution is -0.136. The van der Waals surface area contributed by atoms with E-state index in [-0.39, 0.29) is 18.1 Å². The smallest absolute Gasteiger partial charge is 0.336 e. The number of methoxy groups -OCH3 is 5. The summed E-state index contributed by atoms with van der Waals surface area (Å²) in [7, 11) is 7.64. The van der Waals surface area contributed by atoms with Crippen LogP contribution < -0.4 is 24.3 Å². The van der Waals surface area contributed by atoms with Crippen molar-refractivity contribution in [3.63, 3.8) is 0 Å². The lowest BCUT2D eigenvalue weighted by atomic mass is 9.68. The summed E-state index contributed by atoms with van der Waals surface area (Å²) in [5.41, 5.74) is 3.44. The second kappa shape index (κ2) is 10.4. The maximum Gasteiger partial charge on any atom is 0.336 e. The molecule has 8 nitrogen and oxygen atoms in total. The van der Waals surface area contributed by atoms with E-state index in [2.05, 4.69) is 11.4 Å². The van der Waals surface area contributed by atoms with Gasteiger partial charge in [0.25, 0.3) is 0 Å². The van der Waals surface area contributed by atoms with Crippen LogP contribution in [-0.2, 0) is 14.3 Å². The maximum absolute atomic E-state index is 13.8. The average Bonchev–Trinajstić information content (AvgIpc) is 2.90. The zero-order valence-electron chi connectivity index (χ0n) is 21.3. The summed E-state index contributed by atoms with van der Waals surface area (Å²) in [5.74, 6) is 0.553. The monoisotopic (exact) mass is 493 g/mol. The van der Waals surface area contributed by atoms with Crippen LogP contribution in [-0.4, -0.2) is 47.3 Å². The van der Waals surface area contributed by atoms with Crippen molar-refractivity contribution < 1.29 is 33.3 Å². The Morgan fingerprint density at radius 2 is 1.58 bits per heavy atom. The Hall–Kier alpha value is -3.94. The highest BCUT2D eigenvalue weighted by molar-refractivity contribution is 5.96. The molecule has 4 rings (SSSR count). The number of Topliss-reactive ketones (excluding diaryl/α,β-unsaturated/α-hetero) is 1. The SMILES string of the molecule is COC(=O)C1=C(C)NC2=CC(c3ccc(OC)c(OC)c3)CC(=O)C2C1c1ccc(OC)cc1OC. The van der Waals surface area contributed by atoms with E-state index in [1.807, 2.05) is 31.2 Å². The van der Waals surface area contributed by atoms with Gasteiger partial charge in [-0.2, -0.15) is 0 Å². The van der Waals surface area contributed by atoms with E-state index in [0.717, 1.165) is 11.3 Å². The molecular weight excluding hydrogens is 462 g/mol. The van der Waals surface area contributed by atoms with Crippen molar-refractivity contribution in [2.45, 2.75) is 25.2 Å². The number of ketones is 1. The highest BCUT2D eigenvalue weighted by atomic mass is 16.5. The fourth-order valence-corrected chi connectivity index (χ4v) is 5.16. The molecule has 0 radical (unpaired) electrons. The normalized spacial score (nSPS) is 21.1. The molecule has 2 aliphatic rings. The number of hydrogen-bond acceptors (Lipinski definition) is 8. The van der Waals surface area contributed by atoms with E-state index in [4.69, 9.17) is 23.7 Å². The van der Waals surface area contributed by atoms with Crippen LogP contribution in [0.15, 0.2) is 59.4 Å². The molecule has 190 valence electrons. The van der Waals surface area contributed by atoms with E-state index >= 15 is 0 Å². The first-order chi connectivity index (χ1) is 17.4. The summed E-state index contributed by atoms with van der Waals surface area (Å²) in [5, 5.41) is 3.32. The first kappa shape index (κ1) is 25.2. The molecule has 0 saturated carbocycles. The number of nitrogens with one attached hydrogen (secondary N) is 1. The third-order valence-corrected chi connectivity index (χ3v) is 6.88. The second-order valence-electron chi connectivity index (χ2n) is 8.73. The van der Waals surface area contributed by atoms with E-state index in [9.17, 15) is 9.59 Å². The topological polar surface area (TPSA) is 92.3 Å². The summed E-state index contributed by atoms with van der Waals surface area (Å²) >= 11 is 0. The van der Waals surface area contributed by atoms with Gasteiger partial charge in [-0.3, -0.25) is 4.79 Å². The largest absolute Gasteiger partial charge is 0.497 e. The number of rotatable bonds is 7. The van der Waals surface area contributed by atoms with Crippen molar-refractivity contribution in [3.05, 3.63) is 70.6 Å². The Balaban J connectivity index is 1.85.